The predicted molar refractivity (Wildman–Crippen MR) is 101 cm³/mol. The number of nitrogens with zero attached hydrogens (tertiary/aromatic N) is 1. The van der Waals surface area contributed by atoms with Crippen molar-refractivity contribution < 1.29 is 14.6 Å². The second-order valence-electron chi connectivity index (χ2n) is 4.46. The zero-order valence-corrected chi connectivity index (χ0v) is 16.0. The normalized spacial score (nSPS) is 10.7. The summed E-state index contributed by atoms with van der Waals surface area (Å²) in [6.45, 7) is 2.29. The summed E-state index contributed by atoms with van der Waals surface area (Å²) < 4.78 is 6.71. The lowest BCUT2D eigenvalue weighted by Crippen LogP contribution is -2.18. The van der Waals surface area contributed by atoms with Gasteiger partial charge in [-0.05, 0) is 75.3 Å². The minimum absolute atomic E-state index is 0.0989. The number of rotatable bonds is 5. The molecule has 1 amide bonds. The van der Waals surface area contributed by atoms with E-state index in [0.29, 0.717) is 31.5 Å². The molecule has 0 saturated carbocycles. The van der Waals surface area contributed by atoms with E-state index in [9.17, 15) is 9.90 Å². The molecule has 0 spiro atoms. The van der Waals surface area contributed by atoms with Gasteiger partial charge in [0.25, 0.3) is 5.91 Å². The number of benzene rings is 2. The molecule has 0 radical (unpaired) electrons. The number of hydrogen-bond acceptors (Lipinski definition) is 4. The van der Waals surface area contributed by atoms with E-state index in [-0.39, 0.29) is 11.7 Å². The van der Waals surface area contributed by atoms with Crippen LogP contribution in [0, 0.1) is 3.57 Å². The van der Waals surface area contributed by atoms with E-state index >= 15 is 0 Å². The first-order valence-corrected chi connectivity index (χ1v) is 8.63. The fraction of sp³-hybridized carbons (Fsp3) is 0.125. The number of phenolic OH excluding ortho intramolecular Hbond substituents is 1. The fourth-order valence-electron chi connectivity index (χ4n) is 1.80. The highest BCUT2D eigenvalue weighted by Crippen LogP contribution is 2.32. The molecule has 2 aromatic rings. The minimum Gasteiger partial charge on any atom is -0.504 e. The van der Waals surface area contributed by atoms with Gasteiger partial charge < -0.3 is 9.84 Å². The second-order valence-corrected chi connectivity index (χ2v) is 6.48. The van der Waals surface area contributed by atoms with E-state index in [4.69, 9.17) is 4.74 Å². The summed E-state index contributed by atoms with van der Waals surface area (Å²) in [6, 6.07) is 10.5. The van der Waals surface area contributed by atoms with Crippen molar-refractivity contribution in [2.75, 3.05) is 6.61 Å². The first-order valence-electron chi connectivity index (χ1n) is 6.76. The number of ether oxygens (including phenoxy) is 1. The van der Waals surface area contributed by atoms with E-state index in [2.05, 4.69) is 26.5 Å². The number of aromatic hydroxyl groups is 1. The first-order chi connectivity index (χ1) is 11.0. The number of phenols is 1. The second kappa shape index (κ2) is 8.30. The van der Waals surface area contributed by atoms with Crippen molar-refractivity contribution in [3.8, 4) is 11.5 Å². The monoisotopic (exact) mass is 488 g/mol. The van der Waals surface area contributed by atoms with Crippen LogP contribution in [0.1, 0.15) is 22.8 Å². The molecule has 2 aromatic carbocycles. The molecule has 7 heteroatoms. The smallest absolute Gasteiger partial charge is 0.272 e. The Hall–Kier alpha value is -1.61. The fourth-order valence-corrected chi connectivity index (χ4v) is 2.90. The molecule has 2 rings (SSSR count). The third-order valence-corrected chi connectivity index (χ3v) is 4.36. The molecule has 0 saturated heterocycles. The van der Waals surface area contributed by atoms with Crippen molar-refractivity contribution in [1.82, 2.24) is 5.43 Å². The van der Waals surface area contributed by atoms with Crippen molar-refractivity contribution in [1.29, 1.82) is 0 Å². The SMILES string of the molecule is CCOc1cc(/C=N\NC(=O)c2ccccc2Br)cc(I)c1O. The maximum Gasteiger partial charge on any atom is 0.272 e. The number of carbonyl (C=O) groups excluding carboxylic acids is 1. The highest BCUT2D eigenvalue weighted by molar-refractivity contribution is 14.1. The summed E-state index contributed by atoms with van der Waals surface area (Å²) in [4.78, 5) is 12.0. The molecule has 0 atom stereocenters. The third-order valence-electron chi connectivity index (χ3n) is 2.85. The van der Waals surface area contributed by atoms with Crippen LogP contribution in [-0.4, -0.2) is 23.8 Å². The average Bonchev–Trinajstić information content (AvgIpc) is 2.52. The maximum absolute atomic E-state index is 12.0. The first kappa shape index (κ1) is 17.7. The number of carbonyl (C=O) groups is 1. The van der Waals surface area contributed by atoms with Crippen LogP contribution in [0.3, 0.4) is 0 Å². The topological polar surface area (TPSA) is 70.9 Å². The standard InChI is InChI=1S/C16H14BrIN2O3/c1-2-23-14-8-10(7-13(18)15(14)21)9-19-20-16(22)11-5-3-4-6-12(11)17/h3-9,21H,2H2,1H3,(H,20,22)/b19-9-. The van der Waals surface area contributed by atoms with E-state index < -0.39 is 0 Å². The van der Waals surface area contributed by atoms with Crippen LogP contribution < -0.4 is 10.2 Å². The van der Waals surface area contributed by atoms with Gasteiger partial charge in [-0.1, -0.05) is 12.1 Å². The van der Waals surface area contributed by atoms with Gasteiger partial charge in [-0.3, -0.25) is 4.79 Å². The van der Waals surface area contributed by atoms with Gasteiger partial charge in [-0.2, -0.15) is 5.10 Å². The van der Waals surface area contributed by atoms with Crippen LogP contribution in [-0.2, 0) is 0 Å². The predicted octanol–water partition coefficient (Wildman–Crippen LogP) is 3.92. The summed E-state index contributed by atoms with van der Waals surface area (Å²) >= 11 is 5.33. The number of hydrazone groups is 1. The third kappa shape index (κ3) is 4.68. The maximum atomic E-state index is 12.0. The van der Waals surface area contributed by atoms with Gasteiger partial charge in [0.05, 0.1) is 22.0 Å². The zero-order valence-electron chi connectivity index (χ0n) is 12.2. The highest BCUT2D eigenvalue weighted by Gasteiger charge is 2.09. The van der Waals surface area contributed by atoms with E-state index in [1.807, 2.05) is 35.6 Å². The number of halogens is 2. The van der Waals surface area contributed by atoms with Gasteiger partial charge in [0.15, 0.2) is 11.5 Å². The molecule has 0 aliphatic rings. The molecule has 0 aliphatic heterocycles. The Balaban J connectivity index is 2.12. The summed E-state index contributed by atoms with van der Waals surface area (Å²) in [6.07, 6.45) is 1.50. The molecule has 0 bridgehead atoms. The average molecular weight is 489 g/mol. The van der Waals surface area contributed by atoms with Gasteiger partial charge in [-0.25, -0.2) is 5.43 Å². The molecular weight excluding hydrogens is 475 g/mol. The number of hydrogen-bond donors (Lipinski definition) is 2. The Morgan fingerprint density at radius 2 is 2.17 bits per heavy atom. The lowest BCUT2D eigenvalue weighted by Gasteiger charge is -2.08. The largest absolute Gasteiger partial charge is 0.504 e. The molecular formula is C16H14BrIN2O3. The number of nitrogens with one attached hydrogen (secondary N) is 1. The molecule has 5 nitrogen and oxygen atoms in total. The number of amides is 1. The highest BCUT2D eigenvalue weighted by atomic mass is 127. The van der Waals surface area contributed by atoms with E-state index in [1.165, 1.54) is 6.21 Å². The molecule has 23 heavy (non-hydrogen) atoms. The lowest BCUT2D eigenvalue weighted by atomic mass is 10.2. The molecule has 0 heterocycles. The molecule has 2 N–H and O–H groups in total. The van der Waals surface area contributed by atoms with Gasteiger partial charge in [0.2, 0.25) is 0 Å². The van der Waals surface area contributed by atoms with Gasteiger partial charge in [-0.15, -0.1) is 0 Å². The molecule has 0 unspecified atom stereocenters. The Bertz CT molecular complexity index is 750. The quantitative estimate of drug-likeness (QED) is 0.380. The van der Waals surface area contributed by atoms with Crippen molar-refractivity contribution in [3.63, 3.8) is 0 Å². The van der Waals surface area contributed by atoms with E-state index in [1.54, 1.807) is 30.3 Å². The van der Waals surface area contributed by atoms with E-state index in [0.717, 1.165) is 0 Å². The summed E-state index contributed by atoms with van der Waals surface area (Å²) in [5.41, 5.74) is 3.68. The summed E-state index contributed by atoms with van der Waals surface area (Å²) in [5.74, 6) is 0.173. The van der Waals surface area contributed by atoms with Crippen molar-refractivity contribution in [3.05, 3.63) is 55.6 Å². The Morgan fingerprint density at radius 1 is 1.43 bits per heavy atom. The summed E-state index contributed by atoms with van der Waals surface area (Å²) in [7, 11) is 0. The van der Waals surface area contributed by atoms with Crippen molar-refractivity contribution in [2.24, 2.45) is 5.10 Å². The van der Waals surface area contributed by atoms with Crippen LogP contribution in [0.4, 0.5) is 0 Å². The molecule has 0 aromatic heterocycles. The summed E-state index contributed by atoms with van der Waals surface area (Å²) in [5, 5.41) is 13.8. The zero-order chi connectivity index (χ0) is 16.8. The Labute approximate surface area is 156 Å². The van der Waals surface area contributed by atoms with Gasteiger partial charge in [0, 0.05) is 4.47 Å². The minimum atomic E-state index is -0.313. The molecule has 0 aliphatic carbocycles. The lowest BCUT2D eigenvalue weighted by molar-refractivity contribution is 0.0954. The van der Waals surface area contributed by atoms with Gasteiger partial charge in [0.1, 0.15) is 0 Å². The van der Waals surface area contributed by atoms with Crippen molar-refractivity contribution >= 4 is 50.6 Å². The van der Waals surface area contributed by atoms with Crippen LogP contribution in [0.15, 0.2) is 46.0 Å². The van der Waals surface area contributed by atoms with Crippen molar-refractivity contribution in [2.45, 2.75) is 6.92 Å². The molecule has 0 fully saturated rings. The van der Waals surface area contributed by atoms with Crippen LogP contribution >= 0.6 is 38.5 Å². The van der Waals surface area contributed by atoms with Crippen LogP contribution in [0.2, 0.25) is 0 Å². The van der Waals surface area contributed by atoms with Crippen LogP contribution in [0.25, 0.3) is 0 Å². The Kier molecular flexibility index (Phi) is 6.40. The van der Waals surface area contributed by atoms with Crippen LogP contribution in [0.5, 0.6) is 11.5 Å². The van der Waals surface area contributed by atoms with Gasteiger partial charge >= 0.3 is 0 Å². The molecule has 120 valence electrons. The Morgan fingerprint density at radius 3 is 2.87 bits per heavy atom.